The summed E-state index contributed by atoms with van der Waals surface area (Å²) in [5.41, 5.74) is 3.47. The SMILES string of the molecule is C=C(C)c1cocc1C(C)C. The van der Waals surface area contributed by atoms with Crippen LogP contribution in [0.3, 0.4) is 0 Å². The molecule has 0 fully saturated rings. The van der Waals surface area contributed by atoms with Crippen LogP contribution in [0, 0.1) is 0 Å². The molecule has 1 rings (SSSR count). The molecule has 1 heterocycles. The van der Waals surface area contributed by atoms with Gasteiger partial charge in [0.1, 0.15) is 0 Å². The fourth-order valence-corrected chi connectivity index (χ4v) is 1.10. The van der Waals surface area contributed by atoms with Crippen LogP contribution in [0.1, 0.15) is 37.8 Å². The molecule has 1 aromatic heterocycles. The number of hydrogen-bond acceptors (Lipinski definition) is 1. The molecule has 0 N–H and O–H groups in total. The molecule has 0 spiro atoms. The smallest absolute Gasteiger partial charge is 0.0980 e. The van der Waals surface area contributed by atoms with Gasteiger partial charge in [-0.05, 0) is 18.4 Å². The second kappa shape index (κ2) is 2.95. The molecule has 0 saturated heterocycles. The van der Waals surface area contributed by atoms with Gasteiger partial charge in [-0.15, -0.1) is 0 Å². The van der Waals surface area contributed by atoms with Crippen LogP contribution in [0.2, 0.25) is 0 Å². The molecule has 60 valence electrons. The first kappa shape index (κ1) is 8.12. The lowest BCUT2D eigenvalue weighted by Crippen LogP contribution is -1.87. The molecule has 0 aromatic carbocycles. The molecule has 0 aliphatic rings. The first-order chi connectivity index (χ1) is 5.13. The summed E-state index contributed by atoms with van der Waals surface area (Å²) in [4.78, 5) is 0. The van der Waals surface area contributed by atoms with Gasteiger partial charge in [-0.25, -0.2) is 0 Å². The Bertz CT molecular complexity index is 256. The Morgan fingerprint density at radius 2 is 2.09 bits per heavy atom. The average molecular weight is 150 g/mol. The molecule has 0 amide bonds. The largest absolute Gasteiger partial charge is 0.472 e. The van der Waals surface area contributed by atoms with Crippen LogP contribution < -0.4 is 0 Å². The summed E-state index contributed by atoms with van der Waals surface area (Å²) >= 11 is 0. The van der Waals surface area contributed by atoms with Gasteiger partial charge in [-0.2, -0.15) is 0 Å². The van der Waals surface area contributed by atoms with Crippen LogP contribution in [0.4, 0.5) is 0 Å². The van der Waals surface area contributed by atoms with Crippen molar-refractivity contribution in [1.82, 2.24) is 0 Å². The Morgan fingerprint density at radius 1 is 1.45 bits per heavy atom. The van der Waals surface area contributed by atoms with Gasteiger partial charge in [0.05, 0.1) is 12.5 Å². The number of allylic oxidation sites excluding steroid dienone is 1. The molecule has 0 unspecified atom stereocenters. The number of hydrogen-bond donors (Lipinski definition) is 0. The van der Waals surface area contributed by atoms with Crippen molar-refractivity contribution in [3.8, 4) is 0 Å². The predicted octanol–water partition coefficient (Wildman–Crippen LogP) is 3.44. The van der Waals surface area contributed by atoms with Gasteiger partial charge in [-0.1, -0.05) is 20.4 Å². The molecule has 0 saturated carbocycles. The summed E-state index contributed by atoms with van der Waals surface area (Å²) < 4.78 is 5.11. The second-order valence-corrected chi connectivity index (χ2v) is 3.18. The van der Waals surface area contributed by atoms with Crippen LogP contribution >= 0.6 is 0 Å². The van der Waals surface area contributed by atoms with E-state index >= 15 is 0 Å². The minimum Gasteiger partial charge on any atom is -0.472 e. The van der Waals surface area contributed by atoms with Crippen LogP contribution in [-0.4, -0.2) is 0 Å². The predicted molar refractivity (Wildman–Crippen MR) is 47.5 cm³/mol. The van der Waals surface area contributed by atoms with E-state index in [-0.39, 0.29) is 0 Å². The summed E-state index contributed by atoms with van der Waals surface area (Å²) in [6.45, 7) is 10.2. The summed E-state index contributed by atoms with van der Waals surface area (Å²) in [6, 6.07) is 0. The first-order valence-corrected chi connectivity index (χ1v) is 3.85. The third kappa shape index (κ3) is 1.53. The van der Waals surface area contributed by atoms with Gasteiger partial charge in [0, 0.05) is 11.1 Å². The Labute approximate surface area is 67.7 Å². The van der Waals surface area contributed by atoms with Crippen molar-refractivity contribution in [3.05, 3.63) is 30.2 Å². The van der Waals surface area contributed by atoms with E-state index in [0.29, 0.717) is 5.92 Å². The molecule has 1 aromatic rings. The van der Waals surface area contributed by atoms with Gasteiger partial charge in [-0.3, -0.25) is 0 Å². The van der Waals surface area contributed by atoms with E-state index in [9.17, 15) is 0 Å². The van der Waals surface area contributed by atoms with E-state index < -0.39 is 0 Å². The van der Waals surface area contributed by atoms with E-state index in [1.807, 2.05) is 6.92 Å². The van der Waals surface area contributed by atoms with Gasteiger partial charge in [0.15, 0.2) is 0 Å². The maximum atomic E-state index is 5.11. The Balaban J connectivity index is 3.06. The zero-order valence-electron chi connectivity index (χ0n) is 7.35. The van der Waals surface area contributed by atoms with Crippen molar-refractivity contribution in [2.24, 2.45) is 0 Å². The second-order valence-electron chi connectivity index (χ2n) is 3.18. The zero-order valence-corrected chi connectivity index (χ0v) is 7.35. The van der Waals surface area contributed by atoms with E-state index in [1.165, 1.54) is 5.56 Å². The fourth-order valence-electron chi connectivity index (χ4n) is 1.10. The molecule has 0 aliphatic heterocycles. The highest BCUT2D eigenvalue weighted by atomic mass is 16.3. The Kier molecular flexibility index (Phi) is 2.18. The lowest BCUT2D eigenvalue weighted by molar-refractivity contribution is 0.561. The van der Waals surface area contributed by atoms with Crippen molar-refractivity contribution < 1.29 is 4.42 Å². The van der Waals surface area contributed by atoms with E-state index in [1.54, 1.807) is 12.5 Å². The fraction of sp³-hybridized carbons (Fsp3) is 0.400. The zero-order chi connectivity index (χ0) is 8.43. The lowest BCUT2D eigenvalue weighted by Gasteiger charge is -2.03. The molecular weight excluding hydrogens is 136 g/mol. The molecule has 1 heteroatoms. The normalized spacial score (nSPS) is 10.5. The van der Waals surface area contributed by atoms with E-state index in [2.05, 4.69) is 20.4 Å². The minimum atomic E-state index is 0.514. The standard InChI is InChI=1S/C10H14O/c1-7(2)9-5-11-6-10(9)8(3)4/h5-6,8H,1H2,2-4H3. The molecule has 0 aliphatic carbocycles. The van der Waals surface area contributed by atoms with Crippen LogP contribution in [-0.2, 0) is 0 Å². The summed E-state index contributed by atoms with van der Waals surface area (Å²) in [7, 11) is 0. The summed E-state index contributed by atoms with van der Waals surface area (Å²) in [5, 5.41) is 0. The molecule has 1 nitrogen and oxygen atoms in total. The van der Waals surface area contributed by atoms with Gasteiger partial charge >= 0.3 is 0 Å². The molecule has 0 atom stereocenters. The highest BCUT2D eigenvalue weighted by Gasteiger charge is 2.08. The van der Waals surface area contributed by atoms with Crippen molar-refractivity contribution in [3.63, 3.8) is 0 Å². The number of rotatable bonds is 2. The number of furan rings is 1. The van der Waals surface area contributed by atoms with Crippen LogP contribution in [0.15, 0.2) is 23.5 Å². The maximum Gasteiger partial charge on any atom is 0.0980 e. The van der Waals surface area contributed by atoms with Gasteiger partial charge in [0.2, 0.25) is 0 Å². The minimum absolute atomic E-state index is 0.514. The quantitative estimate of drug-likeness (QED) is 0.629. The monoisotopic (exact) mass is 150 g/mol. The van der Waals surface area contributed by atoms with E-state index in [0.717, 1.165) is 11.1 Å². The van der Waals surface area contributed by atoms with Crippen molar-refractivity contribution in [2.45, 2.75) is 26.7 Å². The topological polar surface area (TPSA) is 13.1 Å². The average Bonchev–Trinajstić information content (AvgIpc) is 2.32. The highest BCUT2D eigenvalue weighted by Crippen LogP contribution is 2.25. The molecule has 11 heavy (non-hydrogen) atoms. The third-order valence-electron chi connectivity index (χ3n) is 1.77. The summed E-state index contributed by atoms with van der Waals surface area (Å²) in [6.07, 6.45) is 3.56. The highest BCUT2D eigenvalue weighted by molar-refractivity contribution is 5.63. The van der Waals surface area contributed by atoms with Crippen molar-refractivity contribution in [2.75, 3.05) is 0 Å². The third-order valence-corrected chi connectivity index (χ3v) is 1.77. The van der Waals surface area contributed by atoms with Crippen molar-refractivity contribution >= 4 is 5.57 Å². The molecule has 0 radical (unpaired) electrons. The van der Waals surface area contributed by atoms with Crippen LogP contribution in [0.5, 0.6) is 0 Å². The molecular formula is C10H14O. The molecule has 0 bridgehead atoms. The lowest BCUT2D eigenvalue weighted by atomic mass is 9.99. The maximum absolute atomic E-state index is 5.11. The van der Waals surface area contributed by atoms with Gasteiger partial charge < -0.3 is 4.42 Å². The first-order valence-electron chi connectivity index (χ1n) is 3.85. The Morgan fingerprint density at radius 3 is 2.45 bits per heavy atom. The Hall–Kier alpha value is -0.980. The summed E-state index contributed by atoms with van der Waals surface area (Å²) in [5.74, 6) is 0.514. The van der Waals surface area contributed by atoms with Gasteiger partial charge in [0.25, 0.3) is 0 Å². The van der Waals surface area contributed by atoms with E-state index in [4.69, 9.17) is 4.42 Å². The van der Waals surface area contributed by atoms with Crippen molar-refractivity contribution in [1.29, 1.82) is 0 Å². The van der Waals surface area contributed by atoms with Crippen LogP contribution in [0.25, 0.3) is 5.57 Å².